The molecule has 0 bridgehead atoms. The summed E-state index contributed by atoms with van der Waals surface area (Å²) >= 11 is 0. The fourth-order valence-electron chi connectivity index (χ4n) is 1.92. The first-order chi connectivity index (χ1) is 8.85. The van der Waals surface area contributed by atoms with Gasteiger partial charge in [0.25, 0.3) is 11.8 Å². The molecule has 0 radical (unpaired) electrons. The number of carbonyl (C=O) groups excluding carboxylic acids is 2. The summed E-state index contributed by atoms with van der Waals surface area (Å²) in [4.78, 5) is 24.5. The summed E-state index contributed by atoms with van der Waals surface area (Å²) in [6.07, 6.45) is 0.500. The van der Waals surface area contributed by atoms with Crippen molar-refractivity contribution in [3.63, 3.8) is 0 Å². The second-order valence-electron chi connectivity index (χ2n) is 4.35. The van der Waals surface area contributed by atoms with Gasteiger partial charge in [0.2, 0.25) is 10.0 Å². The monoisotopic (exact) mass is 282 g/mol. The third kappa shape index (κ3) is 2.46. The molecule has 6 nitrogen and oxygen atoms in total. The average molecular weight is 282 g/mol. The summed E-state index contributed by atoms with van der Waals surface area (Å²) in [5.74, 6) is -0.781. The quantitative estimate of drug-likeness (QED) is 0.837. The molecule has 1 heterocycles. The Morgan fingerprint density at radius 2 is 1.79 bits per heavy atom. The van der Waals surface area contributed by atoms with Crippen molar-refractivity contribution in [1.82, 2.24) is 4.90 Å². The maximum absolute atomic E-state index is 11.8. The molecule has 0 atom stereocenters. The Bertz CT molecular complexity index is 652. The van der Waals surface area contributed by atoms with E-state index in [1.54, 1.807) is 6.92 Å². The lowest BCUT2D eigenvalue weighted by Crippen LogP contribution is -2.24. The molecule has 0 unspecified atom stereocenters. The molecule has 1 aromatic rings. The van der Waals surface area contributed by atoms with Crippen LogP contribution < -0.4 is 4.72 Å². The highest BCUT2D eigenvalue weighted by Gasteiger charge is 2.32. The van der Waals surface area contributed by atoms with Gasteiger partial charge in [-0.2, -0.15) is 0 Å². The van der Waals surface area contributed by atoms with E-state index in [-0.39, 0.29) is 17.2 Å². The maximum Gasteiger partial charge on any atom is 0.261 e. The first kappa shape index (κ1) is 13.5. The Morgan fingerprint density at radius 3 is 2.42 bits per heavy atom. The third-order valence-corrected chi connectivity index (χ3v) is 4.33. The van der Waals surface area contributed by atoms with E-state index in [2.05, 4.69) is 4.72 Å². The molecule has 0 aliphatic carbocycles. The van der Waals surface area contributed by atoms with E-state index >= 15 is 0 Å². The average Bonchev–Trinajstić information content (AvgIpc) is 2.54. The van der Waals surface area contributed by atoms with E-state index in [9.17, 15) is 18.0 Å². The van der Waals surface area contributed by atoms with Crippen LogP contribution in [0.3, 0.4) is 0 Å². The minimum Gasteiger partial charge on any atom is -0.284 e. The second-order valence-corrected chi connectivity index (χ2v) is 6.19. The molecule has 7 heteroatoms. The van der Waals surface area contributed by atoms with Crippen LogP contribution >= 0.6 is 0 Å². The minimum absolute atomic E-state index is 0.0108. The summed E-state index contributed by atoms with van der Waals surface area (Å²) in [5.41, 5.74) is 0.818. The second kappa shape index (κ2) is 4.65. The number of nitrogens with zero attached hydrogens (tertiary/aromatic N) is 1. The number of hydrogen-bond acceptors (Lipinski definition) is 4. The van der Waals surface area contributed by atoms with E-state index in [0.717, 1.165) is 4.90 Å². The molecule has 0 fully saturated rings. The lowest BCUT2D eigenvalue weighted by molar-refractivity contribution is 0.0693. The van der Waals surface area contributed by atoms with Gasteiger partial charge in [0.05, 0.1) is 16.9 Å². The van der Waals surface area contributed by atoms with Crippen molar-refractivity contribution >= 4 is 27.5 Å². The topological polar surface area (TPSA) is 83.6 Å². The molecular weight excluding hydrogens is 268 g/mol. The van der Waals surface area contributed by atoms with Crippen LogP contribution in [0.4, 0.5) is 5.69 Å². The predicted molar refractivity (Wildman–Crippen MR) is 70.6 cm³/mol. The van der Waals surface area contributed by atoms with E-state index in [0.29, 0.717) is 17.7 Å². The maximum atomic E-state index is 11.8. The summed E-state index contributed by atoms with van der Waals surface area (Å²) in [5, 5.41) is 0. The molecular formula is C12H14N2O4S. The summed E-state index contributed by atoms with van der Waals surface area (Å²) < 4.78 is 25.7. The number of benzene rings is 1. The van der Waals surface area contributed by atoms with Gasteiger partial charge in [-0.3, -0.25) is 19.2 Å². The van der Waals surface area contributed by atoms with Gasteiger partial charge >= 0.3 is 0 Å². The van der Waals surface area contributed by atoms with Gasteiger partial charge in [-0.15, -0.1) is 0 Å². The standard InChI is InChI=1S/C12H14N2O4S/c1-3-6-19(17,18)13-8-4-5-9-10(7-8)12(16)14(2)11(9)15/h4-5,7,13H,3,6H2,1-2H3. The Morgan fingerprint density at radius 1 is 1.16 bits per heavy atom. The van der Waals surface area contributed by atoms with Crippen LogP contribution in [0.1, 0.15) is 34.1 Å². The molecule has 102 valence electrons. The van der Waals surface area contributed by atoms with E-state index in [4.69, 9.17) is 0 Å². The predicted octanol–water partition coefficient (Wildman–Crippen LogP) is 1.06. The van der Waals surface area contributed by atoms with Crippen molar-refractivity contribution in [2.45, 2.75) is 13.3 Å². The van der Waals surface area contributed by atoms with Gasteiger partial charge in [0.1, 0.15) is 0 Å². The number of sulfonamides is 1. The lowest BCUT2D eigenvalue weighted by Gasteiger charge is -2.07. The first-order valence-corrected chi connectivity index (χ1v) is 7.48. The van der Waals surface area contributed by atoms with Crippen LogP contribution in [-0.2, 0) is 10.0 Å². The summed E-state index contributed by atoms with van der Waals surface area (Å²) in [6, 6.07) is 4.34. The Kier molecular flexibility index (Phi) is 3.32. The fourth-order valence-corrected chi connectivity index (χ4v) is 3.05. The van der Waals surface area contributed by atoms with Gasteiger partial charge in [0, 0.05) is 12.7 Å². The molecule has 1 aromatic carbocycles. The van der Waals surface area contributed by atoms with Gasteiger partial charge < -0.3 is 0 Å². The minimum atomic E-state index is -3.41. The van der Waals surface area contributed by atoms with Crippen LogP contribution in [-0.4, -0.2) is 37.9 Å². The molecule has 0 saturated heterocycles. The van der Waals surface area contributed by atoms with Crippen LogP contribution in [0, 0.1) is 0 Å². The largest absolute Gasteiger partial charge is 0.284 e. The summed E-state index contributed by atoms with van der Waals surface area (Å²) in [7, 11) is -2.01. The van der Waals surface area contributed by atoms with Gasteiger partial charge in [-0.05, 0) is 24.6 Å². The molecule has 0 spiro atoms. The number of amides is 2. The molecule has 19 heavy (non-hydrogen) atoms. The normalized spacial score (nSPS) is 14.7. The zero-order chi connectivity index (χ0) is 14.2. The zero-order valence-corrected chi connectivity index (χ0v) is 11.5. The smallest absolute Gasteiger partial charge is 0.261 e. The molecule has 2 rings (SSSR count). The van der Waals surface area contributed by atoms with Crippen molar-refractivity contribution in [3.8, 4) is 0 Å². The van der Waals surface area contributed by atoms with Crippen molar-refractivity contribution in [1.29, 1.82) is 0 Å². The molecule has 1 aliphatic heterocycles. The summed E-state index contributed by atoms with van der Waals surface area (Å²) in [6.45, 7) is 1.76. The van der Waals surface area contributed by atoms with E-state index in [1.165, 1.54) is 25.2 Å². The molecule has 2 amide bonds. The highest BCUT2D eigenvalue weighted by molar-refractivity contribution is 7.92. The SMILES string of the molecule is CCCS(=O)(=O)Nc1ccc2c(c1)C(=O)N(C)C2=O. The number of imide groups is 1. The number of rotatable bonds is 4. The van der Waals surface area contributed by atoms with Crippen LogP contribution in [0.25, 0.3) is 0 Å². The first-order valence-electron chi connectivity index (χ1n) is 5.82. The van der Waals surface area contributed by atoms with Crippen molar-refractivity contribution < 1.29 is 18.0 Å². The van der Waals surface area contributed by atoms with Crippen molar-refractivity contribution in [2.75, 3.05) is 17.5 Å². The van der Waals surface area contributed by atoms with Crippen LogP contribution in [0.5, 0.6) is 0 Å². The van der Waals surface area contributed by atoms with Crippen molar-refractivity contribution in [2.24, 2.45) is 0 Å². The highest BCUT2D eigenvalue weighted by Crippen LogP contribution is 2.25. The van der Waals surface area contributed by atoms with Gasteiger partial charge in [-0.1, -0.05) is 6.92 Å². The van der Waals surface area contributed by atoms with Crippen molar-refractivity contribution in [3.05, 3.63) is 29.3 Å². The number of fused-ring (bicyclic) bond motifs is 1. The number of hydrogen-bond donors (Lipinski definition) is 1. The fraction of sp³-hybridized carbons (Fsp3) is 0.333. The third-order valence-electron chi connectivity index (χ3n) is 2.84. The Balaban J connectivity index is 2.34. The number of anilines is 1. The highest BCUT2D eigenvalue weighted by atomic mass is 32.2. The van der Waals surface area contributed by atoms with Crippen LogP contribution in [0.15, 0.2) is 18.2 Å². The van der Waals surface area contributed by atoms with E-state index in [1.807, 2.05) is 0 Å². The van der Waals surface area contributed by atoms with E-state index < -0.39 is 15.9 Å². The number of carbonyl (C=O) groups is 2. The molecule has 0 aromatic heterocycles. The van der Waals surface area contributed by atoms with Gasteiger partial charge in [-0.25, -0.2) is 8.42 Å². The molecule has 1 aliphatic rings. The van der Waals surface area contributed by atoms with Crippen LogP contribution in [0.2, 0.25) is 0 Å². The molecule has 1 N–H and O–H groups in total. The molecule has 0 saturated carbocycles. The number of nitrogens with one attached hydrogen (secondary N) is 1. The Labute approximate surface area is 111 Å². The Hall–Kier alpha value is -1.89. The lowest BCUT2D eigenvalue weighted by atomic mass is 10.1. The van der Waals surface area contributed by atoms with Gasteiger partial charge in [0.15, 0.2) is 0 Å². The zero-order valence-electron chi connectivity index (χ0n) is 10.6.